The minimum atomic E-state index is -1.26. The molecule has 16 heavy (non-hydrogen) atoms. The van der Waals surface area contributed by atoms with Gasteiger partial charge in [0.05, 0.1) is 0 Å². The minimum absolute atomic E-state index is 0.283. The van der Waals surface area contributed by atoms with Gasteiger partial charge in [0.25, 0.3) is 0 Å². The van der Waals surface area contributed by atoms with E-state index in [0.717, 1.165) is 25.7 Å². The molecule has 0 unspecified atom stereocenters. The summed E-state index contributed by atoms with van der Waals surface area (Å²) >= 11 is 0. The molecular weight excluding hydrogens is 216 g/mol. The van der Waals surface area contributed by atoms with E-state index < -0.39 is 11.9 Å². The van der Waals surface area contributed by atoms with Crippen LogP contribution in [0.3, 0.4) is 0 Å². The van der Waals surface area contributed by atoms with Gasteiger partial charge in [0, 0.05) is 25.4 Å². The lowest BCUT2D eigenvalue weighted by molar-refractivity contribution is -0.134. The van der Waals surface area contributed by atoms with Crippen LogP contribution in [0.1, 0.15) is 25.7 Å². The zero-order chi connectivity index (χ0) is 12.8. The van der Waals surface area contributed by atoms with E-state index >= 15 is 0 Å². The fourth-order valence-electron chi connectivity index (χ4n) is 0.720. The molecule has 6 nitrogen and oxygen atoms in total. The molecule has 0 rings (SSSR count). The van der Waals surface area contributed by atoms with Crippen LogP contribution in [0.25, 0.3) is 0 Å². The number of carboxylic acid groups (broad SMARTS) is 2. The van der Waals surface area contributed by atoms with E-state index in [1.807, 2.05) is 0 Å². The molecule has 6 heteroatoms. The van der Waals surface area contributed by atoms with Gasteiger partial charge in [0.15, 0.2) is 0 Å². The molecule has 0 heterocycles. The maximum Gasteiger partial charge on any atom is 0.328 e. The summed E-state index contributed by atoms with van der Waals surface area (Å²) in [6.07, 6.45) is 4.94. The normalized spacial score (nSPS) is 9.62. The van der Waals surface area contributed by atoms with Crippen molar-refractivity contribution in [2.75, 3.05) is 13.2 Å². The summed E-state index contributed by atoms with van der Waals surface area (Å²) in [7, 11) is 0. The zero-order valence-corrected chi connectivity index (χ0v) is 9.00. The van der Waals surface area contributed by atoms with Gasteiger partial charge >= 0.3 is 11.9 Å². The largest absolute Gasteiger partial charge is 0.478 e. The highest BCUT2D eigenvalue weighted by molar-refractivity contribution is 5.89. The molecule has 0 aromatic rings. The Morgan fingerprint density at radius 1 is 0.750 bits per heavy atom. The van der Waals surface area contributed by atoms with E-state index in [4.69, 9.17) is 20.4 Å². The smallest absolute Gasteiger partial charge is 0.328 e. The molecule has 0 bridgehead atoms. The highest BCUT2D eigenvalue weighted by atomic mass is 16.4. The Labute approximate surface area is 93.8 Å². The molecular formula is C10H18O6. The van der Waals surface area contributed by atoms with Crippen molar-refractivity contribution >= 4 is 11.9 Å². The maximum absolute atomic E-state index is 9.55. The number of hydrogen-bond donors (Lipinski definition) is 4. The summed E-state index contributed by atoms with van der Waals surface area (Å²) in [6, 6.07) is 0. The van der Waals surface area contributed by atoms with Crippen molar-refractivity contribution in [3.8, 4) is 0 Å². The Balaban J connectivity index is 0. The molecule has 0 aliphatic carbocycles. The summed E-state index contributed by atoms with van der Waals surface area (Å²) in [5.74, 6) is -2.51. The van der Waals surface area contributed by atoms with Crippen molar-refractivity contribution in [3.63, 3.8) is 0 Å². The predicted octanol–water partition coefficient (Wildman–Crippen LogP) is 0.243. The Morgan fingerprint density at radius 2 is 1.06 bits per heavy atom. The third kappa shape index (κ3) is 22.9. The van der Waals surface area contributed by atoms with E-state index in [2.05, 4.69) is 0 Å². The monoisotopic (exact) mass is 234 g/mol. The van der Waals surface area contributed by atoms with E-state index in [1.165, 1.54) is 0 Å². The predicted molar refractivity (Wildman–Crippen MR) is 57.1 cm³/mol. The average molecular weight is 234 g/mol. The van der Waals surface area contributed by atoms with Crippen LogP contribution >= 0.6 is 0 Å². The Kier molecular flexibility index (Phi) is 14.5. The first kappa shape index (κ1) is 17.0. The van der Waals surface area contributed by atoms with Crippen molar-refractivity contribution in [3.05, 3.63) is 12.2 Å². The van der Waals surface area contributed by atoms with E-state index in [1.54, 1.807) is 0 Å². The first-order valence-corrected chi connectivity index (χ1v) is 4.90. The van der Waals surface area contributed by atoms with Gasteiger partial charge in [-0.05, 0) is 12.8 Å². The molecule has 0 aliphatic rings. The SMILES string of the molecule is O=C(O)/C=C\C(=O)O.OCCCCCCO. The molecule has 0 aliphatic heterocycles. The molecule has 0 spiro atoms. The average Bonchev–Trinajstić information content (AvgIpc) is 2.23. The molecule has 0 fully saturated rings. The lowest BCUT2D eigenvalue weighted by Gasteiger charge is -1.93. The zero-order valence-electron chi connectivity index (χ0n) is 9.00. The Bertz CT molecular complexity index is 189. The number of carboxylic acids is 2. The van der Waals surface area contributed by atoms with Gasteiger partial charge in [-0.3, -0.25) is 0 Å². The standard InChI is InChI=1S/C6H14O2.C4H4O4/c7-5-3-1-2-4-6-8;5-3(6)1-2-4(7)8/h7-8H,1-6H2;1-2H,(H,5,6)(H,7,8)/b;2-1-. The van der Waals surface area contributed by atoms with Crippen LogP contribution in [0.2, 0.25) is 0 Å². The van der Waals surface area contributed by atoms with Crippen LogP contribution in [-0.4, -0.2) is 45.6 Å². The first-order valence-electron chi connectivity index (χ1n) is 4.90. The molecule has 4 N–H and O–H groups in total. The van der Waals surface area contributed by atoms with Gasteiger partial charge in [-0.1, -0.05) is 12.8 Å². The Morgan fingerprint density at radius 3 is 1.25 bits per heavy atom. The fourth-order valence-corrected chi connectivity index (χ4v) is 0.720. The molecule has 0 aromatic carbocycles. The summed E-state index contributed by atoms with van der Waals surface area (Å²) in [5.41, 5.74) is 0. The third-order valence-electron chi connectivity index (χ3n) is 1.43. The lowest BCUT2D eigenvalue weighted by atomic mass is 10.2. The van der Waals surface area contributed by atoms with Crippen LogP contribution in [0.5, 0.6) is 0 Å². The molecule has 0 atom stereocenters. The number of aliphatic hydroxyl groups excluding tert-OH is 2. The number of rotatable bonds is 7. The van der Waals surface area contributed by atoms with Crippen molar-refractivity contribution < 1.29 is 30.0 Å². The second-order valence-electron chi connectivity index (χ2n) is 2.87. The molecule has 0 saturated carbocycles. The highest BCUT2D eigenvalue weighted by Gasteiger charge is 1.88. The van der Waals surface area contributed by atoms with Crippen LogP contribution in [0, 0.1) is 0 Å². The minimum Gasteiger partial charge on any atom is -0.478 e. The molecule has 0 saturated heterocycles. The third-order valence-corrected chi connectivity index (χ3v) is 1.43. The van der Waals surface area contributed by atoms with Gasteiger partial charge < -0.3 is 20.4 Å². The van der Waals surface area contributed by atoms with Crippen molar-refractivity contribution in [1.29, 1.82) is 0 Å². The number of aliphatic carboxylic acids is 2. The first-order chi connectivity index (χ1) is 7.54. The summed E-state index contributed by atoms with van der Waals surface area (Å²) < 4.78 is 0. The second-order valence-corrected chi connectivity index (χ2v) is 2.87. The number of carbonyl (C=O) groups is 2. The highest BCUT2D eigenvalue weighted by Crippen LogP contribution is 1.96. The van der Waals surface area contributed by atoms with Crippen LogP contribution in [0.4, 0.5) is 0 Å². The Hall–Kier alpha value is -1.40. The summed E-state index contributed by atoms with van der Waals surface area (Å²) in [4.78, 5) is 19.1. The summed E-state index contributed by atoms with van der Waals surface area (Å²) in [5, 5.41) is 32.2. The van der Waals surface area contributed by atoms with Crippen LogP contribution < -0.4 is 0 Å². The maximum atomic E-state index is 9.55. The van der Waals surface area contributed by atoms with Gasteiger partial charge in [-0.2, -0.15) is 0 Å². The van der Waals surface area contributed by atoms with Gasteiger partial charge in [-0.15, -0.1) is 0 Å². The lowest BCUT2D eigenvalue weighted by Crippen LogP contribution is -1.91. The van der Waals surface area contributed by atoms with E-state index in [9.17, 15) is 9.59 Å². The number of unbranched alkanes of at least 4 members (excludes halogenated alkanes) is 3. The second kappa shape index (κ2) is 13.6. The van der Waals surface area contributed by atoms with Gasteiger partial charge in [0.1, 0.15) is 0 Å². The molecule has 0 amide bonds. The van der Waals surface area contributed by atoms with Crippen LogP contribution in [-0.2, 0) is 9.59 Å². The van der Waals surface area contributed by atoms with E-state index in [0.29, 0.717) is 12.2 Å². The quantitative estimate of drug-likeness (QED) is 0.370. The van der Waals surface area contributed by atoms with Crippen molar-refractivity contribution in [2.45, 2.75) is 25.7 Å². The van der Waals surface area contributed by atoms with Crippen molar-refractivity contribution in [1.82, 2.24) is 0 Å². The summed E-state index contributed by atoms with van der Waals surface area (Å²) in [6.45, 7) is 0.566. The van der Waals surface area contributed by atoms with Gasteiger partial charge in [-0.25, -0.2) is 9.59 Å². The van der Waals surface area contributed by atoms with Crippen LogP contribution in [0.15, 0.2) is 12.2 Å². The number of aliphatic hydroxyl groups is 2. The molecule has 94 valence electrons. The molecule has 0 radical (unpaired) electrons. The van der Waals surface area contributed by atoms with Crippen molar-refractivity contribution in [2.24, 2.45) is 0 Å². The molecule has 0 aromatic heterocycles. The topological polar surface area (TPSA) is 115 Å². The van der Waals surface area contributed by atoms with E-state index in [-0.39, 0.29) is 13.2 Å². The van der Waals surface area contributed by atoms with Gasteiger partial charge in [0.2, 0.25) is 0 Å². The fraction of sp³-hybridized carbons (Fsp3) is 0.600. The number of hydrogen-bond acceptors (Lipinski definition) is 4.